The number of amides is 1. The molecule has 0 radical (unpaired) electrons. The number of hydrogen-bond donors (Lipinski definition) is 1. The Morgan fingerprint density at radius 2 is 1.68 bits per heavy atom. The zero-order chi connectivity index (χ0) is 18.2. The molecule has 2 aromatic carbocycles. The van der Waals surface area contributed by atoms with Crippen molar-refractivity contribution in [2.24, 2.45) is 0 Å². The van der Waals surface area contributed by atoms with Gasteiger partial charge in [-0.3, -0.25) is 4.79 Å². The first-order valence-corrected chi connectivity index (χ1v) is 7.85. The monoisotopic (exact) mass is 336 g/mol. The molecule has 0 saturated heterocycles. The van der Waals surface area contributed by atoms with Crippen molar-refractivity contribution < 1.29 is 14.3 Å². The standard InChI is InChI=1S/C20H20N2O3/c1-14(2)25-19-8-4-15(5-9-19)12-16(13-21)20(23)22-17-6-10-18(24-3)11-7-17/h4-12,14H,1-3H3,(H,22,23)/b16-12-. The molecule has 0 saturated carbocycles. The van der Waals surface area contributed by atoms with Gasteiger partial charge in [0.25, 0.3) is 5.91 Å². The number of benzene rings is 2. The Morgan fingerprint density at radius 3 is 2.20 bits per heavy atom. The zero-order valence-corrected chi connectivity index (χ0v) is 14.4. The number of rotatable bonds is 6. The van der Waals surface area contributed by atoms with Crippen LogP contribution in [0.5, 0.6) is 11.5 Å². The molecule has 5 nitrogen and oxygen atoms in total. The fraction of sp³-hybridized carbons (Fsp3) is 0.200. The third kappa shape index (κ3) is 5.40. The van der Waals surface area contributed by atoms with Crippen molar-refractivity contribution >= 4 is 17.7 Å². The highest BCUT2D eigenvalue weighted by atomic mass is 16.5. The van der Waals surface area contributed by atoms with Gasteiger partial charge in [0, 0.05) is 5.69 Å². The topological polar surface area (TPSA) is 71.3 Å². The van der Waals surface area contributed by atoms with Gasteiger partial charge in [0.1, 0.15) is 23.1 Å². The lowest BCUT2D eigenvalue weighted by atomic mass is 10.1. The van der Waals surface area contributed by atoms with Gasteiger partial charge in [-0.25, -0.2) is 0 Å². The quantitative estimate of drug-likeness (QED) is 0.638. The highest BCUT2D eigenvalue weighted by Crippen LogP contribution is 2.18. The number of anilines is 1. The molecule has 0 bridgehead atoms. The third-order valence-electron chi connectivity index (χ3n) is 3.28. The van der Waals surface area contributed by atoms with Crippen LogP contribution in [0.3, 0.4) is 0 Å². The smallest absolute Gasteiger partial charge is 0.266 e. The van der Waals surface area contributed by atoms with Crippen molar-refractivity contribution in [2.75, 3.05) is 12.4 Å². The van der Waals surface area contributed by atoms with E-state index in [1.165, 1.54) is 6.08 Å². The highest BCUT2D eigenvalue weighted by molar-refractivity contribution is 6.09. The number of hydrogen-bond acceptors (Lipinski definition) is 4. The molecule has 2 rings (SSSR count). The van der Waals surface area contributed by atoms with E-state index >= 15 is 0 Å². The van der Waals surface area contributed by atoms with E-state index < -0.39 is 5.91 Å². The fourth-order valence-corrected chi connectivity index (χ4v) is 2.10. The highest BCUT2D eigenvalue weighted by Gasteiger charge is 2.10. The Bertz CT molecular complexity index is 785. The fourth-order valence-electron chi connectivity index (χ4n) is 2.10. The van der Waals surface area contributed by atoms with E-state index in [1.807, 2.05) is 32.0 Å². The molecule has 2 aromatic rings. The van der Waals surface area contributed by atoms with E-state index in [0.29, 0.717) is 11.4 Å². The normalized spacial score (nSPS) is 10.9. The molecule has 0 unspecified atom stereocenters. The molecule has 1 N–H and O–H groups in total. The molecule has 25 heavy (non-hydrogen) atoms. The summed E-state index contributed by atoms with van der Waals surface area (Å²) in [4.78, 5) is 12.3. The van der Waals surface area contributed by atoms with E-state index in [0.717, 1.165) is 11.3 Å². The Labute approximate surface area is 147 Å². The molecule has 0 fully saturated rings. The molecule has 0 aromatic heterocycles. The van der Waals surface area contributed by atoms with Crippen molar-refractivity contribution in [3.8, 4) is 17.6 Å². The summed E-state index contributed by atoms with van der Waals surface area (Å²) in [7, 11) is 1.57. The minimum absolute atomic E-state index is 0.0216. The number of carbonyl (C=O) groups is 1. The molecule has 0 aliphatic rings. The summed E-state index contributed by atoms with van der Waals surface area (Å²) in [6.07, 6.45) is 1.63. The van der Waals surface area contributed by atoms with E-state index in [-0.39, 0.29) is 11.7 Å². The van der Waals surface area contributed by atoms with E-state index in [2.05, 4.69) is 5.32 Å². The second kappa shape index (κ2) is 8.55. The van der Waals surface area contributed by atoms with Crippen LogP contribution < -0.4 is 14.8 Å². The number of carbonyl (C=O) groups excluding carboxylic acids is 1. The first-order valence-electron chi connectivity index (χ1n) is 7.85. The molecule has 0 spiro atoms. The SMILES string of the molecule is COc1ccc(NC(=O)/C(C#N)=C\c2ccc(OC(C)C)cc2)cc1. The largest absolute Gasteiger partial charge is 0.497 e. The maximum Gasteiger partial charge on any atom is 0.266 e. The summed E-state index contributed by atoms with van der Waals surface area (Å²) in [6.45, 7) is 3.90. The molecule has 0 atom stereocenters. The van der Waals surface area contributed by atoms with Crippen molar-refractivity contribution in [2.45, 2.75) is 20.0 Å². The number of nitriles is 1. The van der Waals surface area contributed by atoms with Crippen LogP contribution in [0.2, 0.25) is 0 Å². The minimum Gasteiger partial charge on any atom is -0.497 e. The molecule has 0 aliphatic carbocycles. The predicted molar refractivity (Wildman–Crippen MR) is 97.4 cm³/mol. The number of nitrogens with one attached hydrogen (secondary N) is 1. The minimum atomic E-state index is -0.463. The number of ether oxygens (including phenoxy) is 2. The second-order valence-corrected chi connectivity index (χ2v) is 5.59. The summed E-state index contributed by atoms with van der Waals surface area (Å²) in [6, 6.07) is 16.0. The van der Waals surface area contributed by atoms with Crippen molar-refractivity contribution in [3.63, 3.8) is 0 Å². The van der Waals surface area contributed by atoms with Crippen LogP contribution in [0.1, 0.15) is 19.4 Å². The van der Waals surface area contributed by atoms with Crippen molar-refractivity contribution in [1.82, 2.24) is 0 Å². The lowest BCUT2D eigenvalue weighted by molar-refractivity contribution is -0.112. The Morgan fingerprint density at radius 1 is 1.08 bits per heavy atom. The average Bonchev–Trinajstić information content (AvgIpc) is 2.61. The van der Waals surface area contributed by atoms with Crippen molar-refractivity contribution in [1.29, 1.82) is 5.26 Å². The molecule has 0 heterocycles. The van der Waals surface area contributed by atoms with Crippen LogP contribution in [-0.4, -0.2) is 19.1 Å². The first-order chi connectivity index (χ1) is 12.0. The lowest BCUT2D eigenvalue weighted by Gasteiger charge is -2.09. The van der Waals surface area contributed by atoms with Crippen molar-refractivity contribution in [3.05, 3.63) is 59.7 Å². The number of methoxy groups -OCH3 is 1. The average molecular weight is 336 g/mol. The molecular formula is C20H20N2O3. The van der Waals surface area contributed by atoms with Gasteiger partial charge in [-0.15, -0.1) is 0 Å². The van der Waals surface area contributed by atoms with Crippen LogP contribution in [-0.2, 0) is 4.79 Å². The second-order valence-electron chi connectivity index (χ2n) is 5.59. The summed E-state index contributed by atoms with van der Waals surface area (Å²) in [5.41, 5.74) is 1.36. The Kier molecular flexibility index (Phi) is 6.19. The van der Waals surface area contributed by atoms with Crippen LogP contribution >= 0.6 is 0 Å². The van der Waals surface area contributed by atoms with Crippen LogP contribution in [0.15, 0.2) is 54.1 Å². The van der Waals surface area contributed by atoms with Crippen LogP contribution in [0.4, 0.5) is 5.69 Å². The van der Waals surface area contributed by atoms with Gasteiger partial charge in [-0.1, -0.05) is 12.1 Å². The Balaban J connectivity index is 2.10. The Hall–Kier alpha value is -3.26. The molecular weight excluding hydrogens is 316 g/mol. The summed E-state index contributed by atoms with van der Waals surface area (Å²) in [5, 5.41) is 12.0. The van der Waals surface area contributed by atoms with Gasteiger partial charge in [0.15, 0.2) is 0 Å². The lowest BCUT2D eigenvalue weighted by Crippen LogP contribution is -2.13. The number of nitrogens with zero attached hydrogens (tertiary/aromatic N) is 1. The molecule has 1 amide bonds. The maximum absolute atomic E-state index is 12.3. The predicted octanol–water partition coefficient (Wildman–Crippen LogP) is 4.03. The molecule has 128 valence electrons. The van der Waals surface area contributed by atoms with Gasteiger partial charge >= 0.3 is 0 Å². The first kappa shape index (κ1) is 18.1. The van der Waals surface area contributed by atoms with Gasteiger partial charge in [-0.2, -0.15) is 5.26 Å². The maximum atomic E-state index is 12.3. The van der Waals surface area contributed by atoms with Crippen LogP contribution in [0.25, 0.3) is 6.08 Å². The van der Waals surface area contributed by atoms with Crippen LogP contribution in [0, 0.1) is 11.3 Å². The molecule has 5 heteroatoms. The molecule has 0 aliphatic heterocycles. The van der Waals surface area contributed by atoms with E-state index in [4.69, 9.17) is 9.47 Å². The summed E-state index contributed by atoms with van der Waals surface area (Å²) < 4.78 is 10.6. The summed E-state index contributed by atoms with van der Waals surface area (Å²) in [5.74, 6) is 0.973. The third-order valence-corrected chi connectivity index (χ3v) is 3.28. The van der Waals surface area contributed by atoms with E-state index in [9.17, 15) is 10.1 Å². The van der Waals surface area contributed by atoms with E-state index in [1.54, 1.807) is 43.5 Å². The zero-order valence-electron chi connectivity index (χ0n) is 14.4. The van der Waals surface area contributed by atoms with Gasteiger partial charge < -0.3 is 14.8 Å². The van der Waals surface area contributed by atoms with Gasteiger partial charge in [0.2, 0.25) is 0 Å². The van der Waals surface area contributed by atoms with Gasteiger partial charge in [0.05, 0.1) is 13.2 Å². The summed E-state index contributed by atoms with van der Waals surface area (Å²) >= 11 is 0. The van der Waals surface area contributed by atoms with Gasteiger partial charge in [-0.05, 0) is 61.9 Å².